The Morgan fingerprint density at radius 3 is 2.52 bits per heavy atom. The lowest BCUT2D eigenvalue weighted by atomic mass is 10.0. The number of halogens is 1. The highest BCUT2D eigenvalue weighted by atomic mass is 35.5. The molecule has 0 aliphatic heterocycles. The zero-order chi connectivity index (χ0) is 15.9. The van der Waals surface area contributed by atoms with Gasteiger partial charge in [-0.25, -0.2) is 13.1 Å². The Balaban J connectivity index is 2.93. The molecule has 1 aromatic carbocycles. The molecule has 2 N–H and O–H groups in total. The lowest BCUT2D eigenvalue weighted by Gasteiger charge is -2.14. The van der Waals surface area contributed by atoms with Crippen LogP contribution in [0.3, 0.4) is 0 Å². The molecule has 6 heteroatoms. The van der Waals surface area contributed by atoms with E-state index in [1.54, 1.807) is 6.07 Å². The molecule has 0 bridgehead atoms. The summed E-state index contributed by atoms with van der Waals surface area (Å²) in [5.41, 5.74) is 0.563. The van der Waals surface area contributed by atoms with Gasteiger partial charge in [0.15, 0.2) is 0 Å². The summed E-state index contributed by atoms with van der Waals surface area (Å²) < 4.78 is 27.1. The zero-order valence-corrected chi connectivity index (χ0v) is 13.8. The van der Waals surface area contributed by atoms with Crippen molar-refractivity contribution in [1.82, 2.24) is 4.72 Å². The predicted molar refractivity (Wildman–Crippen MR) is 84.7 cm³/mol. The molecule has 0 unspecified atom stereocenters. The van der Waals surface area contributed by atoms with Crippen molar-refractivity contribution >= 4 is 21.6 Å². The molecule has 0 aromatic heterocycles. The fourth-order valence-corrected chi connectivity index (χ4v) is 3.48. The summed E-state index contributed by atoms with van der Waals surface area (Å²) in [5, 5.41) is 8.76. The van der Waals surface area contributed by atoms with Crippen LogP contribution in [0.2, 0.25) is 5.02 Å². The second kappa shape index (κ2) is 8.40. The maximum Gasteiger partial charge on any atom is 0.242 e. The third-order valence-electron chi connectivity index (χ3n) is 3.25. The average Bonchev–Trinajstić information content (AvgIpc) is 2.46. The van der Waals surface area contributed by atoms with Gasteiger partial charge in [0.1, 0.15) is 11.5 Å². The molecule has 0 saturated carbocycles. The SMILES string of the molecule is CCC(CC)CNS(=O)(=O)c1ccc(C#CCO)cc1Cl. The maximum atomic E-state index is 12.2. The van der Waals surface area contributed by atoms with Gasteiger partial charge in [-0.3, -0.25) is 0 Å². The Labute approximate surface area is 131 Å². The third kappa shape index (κ3) is 5.33. The molecule has 0 atom stereocenters. The van der Waals surface area contributed by atoms with E-state index < -0.39 is 10.0 Å². The lowest BCUT2D eigenvalue weighted by molar-refractivity contribution is 0.350. The average molecular weight is 330 g/mol. The van der Waals surface area contributed by atoms with Crippen molar-refractivity contribution < 1.29 is 13.5 Å². The van der Waals surface area contributed by atoms with Crippen molar-refractivity contribution in [3.63, 3.8) is 0 Å². The van der Waals surface area contributed by atoms with Gasteiger partial charge in [-0.15, -0.1) is 0 Å². The number of sulfonamides is 1. The molecular formula is C15H20ClNO3S. The first-order chi connectivity index (χ1) is 9.94. The number of hydrogen-bond acceptors (Lipinski definition) is 3. The quantitative estimate of drug-likeness (QED) is 0.788. The molecule has 0 fully saturated rings. The first-order valence-corrected chi connectivity index (χ1v) is 8.69. The number of aliphatic hydroxyl groups excluding tert-OH is 1. The number of nitrogens with one attached hydrogen (secondary N) is 1. The van der Waals surface area contributed by atoms with Gasteiger partial charge in [-0.1, -0.05) is 50.1 Å². The van der Waals surface area contributed by atoms with Gasteiger partial charge < -0.3 is 5.11 Å². The van der Waals surface area contributed by atoms with E-state index in [1.165, 1.54) is 12.1 Å². The highest BCUT2D eigenvalue weighted by molar-refractivity contribution is 7.89. The second-order valence-electron chi connectivity index (χ2n) is 4.64. The van der Waals surface area contributed by atoms with Gasteiger partial charge in [-0.2, -0.15) is 0 Å². The van der Waals surface area contributed by atoms with E-state index in [9.17, 15) is 8.42 Å². The highest BCUT2D eigenvalue weighted by Gasteiger charge is 2.19. The molecular weight excluding hydrogens is 310 g/mol. The smallest absolute Gasteiger partial charge is 0.242 e. The molecule has 116 valence electrons. The second-order valence-corrected chi connectivity index (χ2v) is 6.78. The van der Waals surface area contributed by atoms with Crippen molar-refractivity contribution in [2.24, 2.45) is 5.92 Å². The van der Waals surface area contributed by atoms with Gasteiger partial charge in [0, 0.05) is 12.1 Å². The van der Waals surface area contributed by atoms with Gasteiger partial charge >= 0.3 is 0 Å². The van der Waals surface area contributed by atoms with E-state index in [2.05, 4.69) is 16.6 Å². The Bertz CT molecular complexity index is 628. The van der Waals surface area contributed by atoms with E-state index in [4.69, 9.17) is 16.7 Å². The molecule has 4 nitrogen and oxygen atoms in total. The van der Waals surface area contributed by atoms with Crippen LogP contribution in [0.25, 0.3) is 0 Å². The minimum Gasteiger partial charge on any atom is -0.384 e. The minimum atomic E-state index is -3.62. The number of hydrogen-bond donors (Lipinski definition) is 2. The van der Waals surface area contributed by atoms with E-state index in [-0.39, 0.29) is 16.5 Å². The molecule has 21 heavy (non-hydrogen) atoms. The Kier molecular flexibility index (Phi) is 7.20. The van der Waals surface area contributed by atoms with Crippen LogP contribution >= 0.6 is 11.6 Å². The first-order valence-electron chi connectivity index (χ1n) is 6.83. The summed E-state index contributed by atoms with van der Waals surface area (Å²) in [6, 6.07) is 4.48. The van der Waals surface area contributed by atoms with Crippen molar-refractivity contribution in [3.05, 3.63) is 28.8 Å². The van der Waals surface area contributed by atoms with Crippen molar-refractivity contribution in [2.45, 2.75) is 31.6 Å². The Hall–Kier alpha value is -1.06. The fraction of sp³-hybridized carbons (Fsp3) is 0.467. The summed E-state index contributed by atoms with van der Waals surface area (Å²) in [6.07, 6.45) is 1.84. The number of aliphatic hydroxyl groups is 1. The Morgan fingerprint density at radius 2 is 2.00 bits per heavy atom. The summed E-state index contributed by atoms with van der Waals surface area (Å²) in [5.74, 6) is 5.48. The molecule has 0 amide bonds. The predicted octanol–water partition coefficient (Wildman–Crippen LogP) is 2.40. The van der Waals surface area contributed by atoms with Gasteiger partial charge in [0.05, 0.1) is 5.02 Å². The third-order valence-corrected chi connectivity index (χ3v) is 5.16. The monoisotopic (exact) mass is 329 g/mol. The largest absolute Gasteiger partial charge is 0.384 e. The fourth-order valence-electron chi connectivity index (χ4n) is 1.82. The van der Waals surface area contributed by atoms with Gasteiger partial charge in [0.2, 0.25) is 10.0 Å². The zero-order valence-electron chi connectivity index (χ0n) is 12.2. The Morgan fingerprint density at radius 1 is 1.33 bits per heavy atom. The number of benzene rings is 1. The standard InChI is InChI=1S/C15H20ClNO3S/c1-3-12(4-2)11-17-21(19,20)15-8-7-13(6-5-9-18)10-14(15)16/h7-8,10,12,17-18H,3-4,9,11H2,1-2H3. The maximum absolute atomic E-state index is 12.2. The van der Waals surface area contributed by atoms with Crippen molar-refractivity contribution in [1.29, 1.82) is 0 Å². The van der Waals surface area contributed by atoms with Crippen LogP contribution in [0.15, 0.2) is 23.1 Å². The topological polar surface area (TPSA) is 66.4 Å². The van der Waals surface area contributed by atoms with Crippen LogP contribution in [0, 0.1) is 17.8 Å². The van der Waals surface area contributed by atoms with Gasteiger partial charge in [-0.05, 0) is 24.1 Å². The molecule has 1 rings (SSSR count). The molecule has 0 spiro atoms. The van der Waals surface area contributed by atoms with Crippen LogP contribution in [0.4, 0.5) is 0 Å². The van der Waals surface area contributed by atoms with E-state index in [0.717, 1.165) is 12.8 Å². The highest BCUT2D eigenvalue weighted by Crippen LogP contribution is 2.22. The van der Waals surface area contributed by atoms with Crippen LogP contribution in [0.1, 0.15) is 32.3 Å². The van der Waals surface area contributed by atoms with E-state index in [0.29, 0.717) is 18.0 Å². The van der Waals surface area contributed by atoms with Crippen molar-refractivity contribution in [2.75, 3.05) is 13.2 Å². The van der Waals surface area contributed by atoms with Crippen LogP contribution in [-0.4, -0.2) is 26.7 Å². The summed E-state index contributed by atoms with van der Waals surface area (Å²) in [4.78, 5) is 0.0460. The summed E-state index contributed by atoms with van der Waals surface area (Å²) in [6.45, 7) is 4.21. The van der Waals surface area contributed by atoms with Crippen LogP contribution in [0.5, 0.6) is 0 Å². The van der Waals surface area contributed by atoms with E-state index >= 15 is 0 Å². The molecule has 0 aliphatic rings. The molecule has 0 saturated heterocycles. The summed E-state index contributed by atoms with van der Waals surface area (Å²) >= 11 is 6.03. The molecule has 0 radical (unpaired) electrons. The van der Waals surface area contributed by atoms with Crippen LogP contribution in [-0.2, 0) is 10.0 Å². The normalized spacial score (nSPS) is 11.3. The van der Waals surface area contributed by atoms with Crippen LogP contribution < -0.4 is 4.72 Å². The number of rotatable bonds is 6. The van der Waals surface area contributed by atoms with Crippen molar-refractivity contribution in [3.8, 4) is 11.8 Å². The summed E-state index contributed by atoms with van der Waals surface area (Å²) in [7, 11) is -3.62. The van der Waals surface area contributed by atoms with Gasteiger partial charge in [0.25, 0.3) is 0 Å². The first kappa shape index (κ1) is 18.0. The molecule has 0 heterocycles. The van der Waals surface area contributed by atoms with E-state index in [1.807, 2.05) is 13.8 Å². The molecule has 0 aliphatic carbocycles. The minimum absolute atomic E-state index is 0.0460. The molecule has 1 aromatic rings. The lowest BCUT2D eigenvalue weighted by Crippen LogP contribution is -2.29.